The molecule has 0 spiro atoms. The van der Waals surface area contributed by atoms with E-state index in [1.165, 1.54) is 24.3 Å². The molecule has 0 atom stereocenters. The number of nitrogens with two attached hydrogens (primary N) is 1. The number of carboxylic acid groups (broad SMARTS) is 1. The normalized spacial score (nSPS) is 9.89. The van der Waals surface area contributed by atoms with Gasteiger partial charge in [0, 0.05) is 11.6 Å². The Kier molecular flexibility index (Phi) is 3.37. The molecule has 0 saturated heterocycles. The summed E-state index contributed by atoms with van der Waals surface area (Å²) in [5.41, 5.74) is 5.29. The molecule has 2 aromatic rings. The molecule has 3 N–H and O–H groups in total. The lowest BCUT2D eigenvalue weighted by molar-refractivity contribution is 0.0688. The van der Waals surface area contributed by atoms with Crippen molar-refractivity contribution < 1.29 is 19.4 Å². The second kappa shape index (κ2) is 5.13. The van der Waals surface area contributed by atoms with Gasteiger partial charge in [-0.25, -0.2) is 4.79 Å². The zero-order chi connectivity index (χ0) is 13.8. The summed E-state index contributed by atoms with van der Waals surface area (Å²) >= 11 is 0. The highest BCUT2D eigenvalue weighted by atomic mass is 16.5. The molecule has 0 unspecified atom stereocenters. The molecule has 0 aliphatic carbocycles. The van der Waals surface area contributed by atoms with E-state index in [0.29, 0.717) is 11.3 Å². The van der Waals surface area contributed by atoms with Gasteiger partial charge in [0.25, 0.3) is 0 Å². The van der Waals surface area contributed by atoms with Crippen molar-refractivity contribution in [2.75, 3.05) is 0 Å². The molecular formula is C12H9N3O4. The second-order valence-corrected chi connectivity index (χ2v) is 3.55. The van der Waals surface area contributed by atoms with Crippen LogP contribution in [0.1, 0.15) is 20.8 Å². The number of benzene rings is 1. The Morgan fingerprint density at radius 3 is 2.21 bits per heavy atom. The van der Waals surface area contributed by atoms with Gasteiger partial charge in [-0.2, -0.15) is 0 Å². The smallest absolute Gasteiger partial charge is 0.356 e. The largest absolute Gasteiger partial charge is 0.476 e. The number of carbonyl (C=O) groups is 2. The van der Waals surface area contributed by atoms with Gasteiger partial charge in [-0.3, -0.25) is 4.79 Å². The molecule has 1 heterocycles. The maximum atomic E-state index is 10.9. The van der Waals surface area contributed by atoms with Crippen LogP contribution in [-0.4, -0.2) is 27.2 Å². The fourth-order valence-electron chi connectivity index (χ4n) is 1.30. The van der Waals surface area contributed by atoms with Crippen LogP contribution >= 0.6 is 0 Å². The number of amides is 1. The Bertz CT molecular complexity index is 552. The van der Waals surface area contributed by atoms with Gasteiger partial charge in [0.15, 0.2) is 5.69 Å². The first-order valence-electron chi connectivity index (χ1n) is 5.21. The van der Waals surface area contributed by atoms with Gasteiger partial charge in [0.05, 0.1) is 0 Å². The number of carboxylic acids is 1. The number of nitrogens with zero attached hydrogens (tertiary/aromatic N) is 2. The third-order valence-corrected chi connectivity index (χ3v) is 2.22. The molecule has 7 nitrogen and oxygen atoms in total. The van der Waals surface area contributed by atoms with Crippen molar-refractivity contribution in [2.24, 2.45) is 5.73 Å². The summed E-state index contributed by atoms with van der Waals surface area (Å²) in [6, 6.07) is 8.79. The molecule has 0 saturated carbocycles. The Morgan fingerprint density at radius 1 is 1.05 bits per heavy atom. The summed E-state index contributed by atoms with van der Waals surface area (Å²) in [4.78, 5) is 21.5. The van der Waals surface area contributed by atoms with Crippen LogP contribution in [0.3, 0.4) is 0 Å². The Labute approximate surface area is 107 Å². The lowest BCUT2D eigenvalue weighted by Gasteiger charge is -2.04. The first-order chi connectivity index (χ1) is 9.06. The lowest BCUT2D eigenvalue weighted by Crippen LogP contribution is -2.10. The van der Waals surface area contributed by atoms with Crippen molar-refractivity contribution in [3.8, 4) is 11.6 Å². The van der Waals surface area contributed by atoms with Crippen molar-refractivity contribution in [3.63, 3.8) is 0 Å². The van der Waals surface area contributed by atoms with Crippen molar-refractivity contribution in [2.45, 2.75) is 0 Å². The highest BCUT2D eigenvalue weighted by molar-refractivity contribution is 5.92. The van der Waals surface area contributed by atoms with Crippen LogP contribution in [-0.2, 0) is 0 Å². The second-order valence-electron chi connectivity index (χ2n) is 3.55. The number of aromatic carboxylic acids is 1. The first-order valence-corrected chi connectivity index (χ1v) is 5.21. The minimum Gasteiger partial charge on any atom is -0.476 e. The standard InChI is InChI=1S/C12H9N3O4/c13-11(16)7-1-3-8(4-2-7)19-10-6-5-9(12(17)18)14-15-10/h1-6H,(H2,13,16)(H,17,18). The van der Waals surface area contributed by atoms with Gasteiger partial charge in [0.2, 0.25) is 11.8 Å². The Hall–Kier alpha value is -2.96. The number of ether oxygens (including phenoxy) is 1. The molecule has 1 amide bonds. The molecule has 96 valence electrons. The summed E-state index contributed by atoms with van der Waals surface area (Å²) in [6.07, 6.45) is 0. The zero-order valence-electron chi connectivity index (χ0n) is 9.61. The molecule has 0 aliphatic heterocycles. The van der Waals surface area contributed by atoms with Crippen LogP contribution < -0.4 is 10.5 Å². The number of primary amides is 1. The molecule has 0 aliphatic rings. The zero-order valence-corrected chi connectivity index (χ0v) is 9.61. The van der Waals surface area contributed by atoms with Crippen molar-refractivity contribution >= 4 is 11.9 Å². The fraction of sp³-hybridized carbons (Fsp3) is 0. The summed E-state index contributed by atoms with van der Waals surface area (Å²) in [7, 11) is 0. The van der Waals surface area contributed by atoms with Gasteiger partial charge < -0.3 is 15.6 Å². The summed E-state index contributed by atoms with van der Waals surface area (Å²) < 4.78 is 5.33. The third-order valence-electron chi connectivity index (χ3n) is 2.22. The van der Waals surface area contributed by atoms with Crippen LogP contribution in [0, 0.1) is 0 Å². The predicted molar refractivity (Wildman–Crippen MR) is 64.0 cm³/mol. The van der Waals surface area contributed by atoms with Crippen molar-refractivity contribution in [1.29, 1.82) is 0 Å². The molecule has 1 aromatic heterocycles. The highest BCUT2D eigenvalue weighted by Gasteiger charge is 2.06. The Morgan fingerprint density at radius 2 is 1.74 bits per heavy atom. The topological polar surface area (TPSA) is 115 Å². The maximum absolute atomic E-state index is 10.9. The van der Waals surface area contributed by atoms with E-state index in [4.69, 9.17) is 15.6 Å². The molecule has 0 bridgehead atoms. The number of rotatable bonds is 4. The van der Waals surface area contributed by atoms with E-state index in [0.717, 1.165) is 0 Å². The van der Waals surface area contributed by atoms with E-state index in [1.807, 2.05) is 0 Å². The summed E-state index contributed by atoms with van der Waals surface area (Å²) in [5.74, 6) is -1.11. The monoisotopic (exact) mass is 259 g/mol. The van der Waals surface area contributed by atoms with Gasteiger partial charge in [0.1, 0.15) is 5.75 Å². The molecule has 1 aromatic carbocycles. The molecule has 7 heteroatoms. The number of carbonyl (C=O) groups excluding carboxylic acids is 1. The van der Waals surface area contributed by atoms with Crippen LogP contribution in [0.2, 0.25) is 0 Å². The van der Waals surface area contributed by atoms with Crippen LogP contribution in [0.4, 0.5) is 0 Å². The van der Waals surface area contributed by atoms with Gasteiger partial charge in [-0.15, -0.1) is 10.2 Å². The molecule has 0 radical (unpaired) electrons. The third kappa shape index (κ3) is 3.03. The van der Waals surface area contributed by atoms with Crippen molar-refractivity contribution in [3.05, 3.63) is 47.7 Å². The number of hydrogen-bond donors (Lipinski definition) is 2. The highest BCUT2D eigenvalue weighted by Crippen LogP contribution is 2.19. The number of aromatic nitrogens is 2. The van der Waals surface area contributed by atoms with Gasteiger partial charge in [-0.1, -0.05) is 0 Å². The van der Waals surface area contributed by atoms with Gasteiger partial charge >= 0.3 is 5.97 Å². The summed E-state index contributed by atoms with van der Waals surface area (Å²) in [5, 5.41) is 15.7. The van der Waals surface area contributed by atoms with Crippen molar-refractivity contribution in [1.82, 2.24) is 10.2 Å². The molecule has 0 fully saturated rings. The van der Waals surface area contributed by atoms with Crippen LogP contribution in [0.15, 0.2) is 36.4 Å². The minimum absolute atomic E-state index is 0.150. The van der Waals surface area contributed by atoms with E-state index in [9.17, 15) is 9.59 Å². The Balaban J connectivity index is 2.12. The van der Waals surface area contributed by atoms with Crippen LogP contribution in [0.25, 0.3) is 0 Å². The number of hydrogen-bond acceptors (Lipinski definition) is 5. The lowest BCUT2D eigenvalue weighted by atomic mass is 10.2. The first kappa shape index (κ1) is 12.5. The van der Waals surface area contributed by atoms with E-state index in [2.05, 4.69) is 10.2 Å². The quantitative estimate of drug-likeness (QED) is 0.848. The van der Waals surface area contributed by atoms with E-state index in [1.54, 1.807) is 12.1 Å². The summed E-state index contributed by atoms with van der Waals surface area (Å²) in [6.45, 7) is 0. The molecular weight excluding hydrogens is 250 g/mol. The SMILES string of the molecule is NC(=O)c1ccc(Oc2ccc(C(=O)O)nn2)cc1. The average Bonchev–Trinajstić information content (AvgIpc) is 2.40. The molecule has 19 heavy (non-hydrogen) atoms. The average molecular weight is 259 g/mol. The minimum atomic E-state index is -1.16. The van der Waals surface area contributed by atoms with E-state index < -0.39 is 11.9 Å². The van der Waals surface area contributed by atoms with E-state index >= 15 is 0 Å². The fourth-order valence-corrected chi connectivity index (χ4v) is 1.30. The molecule has 2 rings (SSSR count). The maximum Gasteiger partial charge on any atom is 0.356 e. The van der Waals surface area contributed by atoms with Gasteiger partial charge in [-0.05, 0) is 30.3 Å². The predicted octanol–water partition coefficient (Wildman–Crippen LogP) is 1.07. The van der Waals surface area contributed by atoms with Crippen LogP contribution in [0.5, 0.6) is 11.6 Å². The van der Waals surface area contributed by atoms with E-state index in [-0.39, 0.29) is 11.6 Å².